The lowest BCUT2D eigenvalue weighted by atomic mass is 10.2. The van der Waals surface area contributed by atoms with Crippen LogP contribution in [0.2, 0.25) is 0 Å². The summed E-state index contributed by atoms with van der Waals surface area (Å²) < 4.78 is 81.3. The maximum absolute atomic E-state index is 11.9. The van der Waals surface area contributed by atoms with Crippen molar-refractivity contribution in [2.24, 2.45) is 0 Å². The van der Waals surface area contributed by atoms with Gasteiger partial charge in [0.05, 0.1) is 0 Å². The molecule has 9 heteroatoms. The van der Waals surface area contributed by atoms with Gasteiger partial charge in [-0.25, -0.2) is 0 Å². The molecule has 0 aliphatic rings. The molecule has 0 aromatic rings. The van der Waals surface area contributed by atoms with Crippen molar-refractivity contribution in [1.29, 1.82) is 0 Å². The third-order valence-electron chi connectivity index (χ3n) is 0.995. The fourth-order valence-electron chi connectivity index (χ4n) is 0.343. The third kappa shape index (κ3) is 1.97. The molecule has 0 heterocycles. The molecule has 0 fully saturated rings. The van der Waals surface area contributed by atoms with Gasteiger partial charge in [0.2, 0.25) is 0 Å². The third-order valence-corrected chi connectivity index (χ3v) is 0.995. The van der Waals surface area contributed by atoms with Crippen LogP contribution < -0.4 is 0 Å². The zero-order valence-corrected chi connectivity index (χ0v) is 5.62. The Labute approximate surface area is 66.6 Å². The first-order valence-electron chi connectivity index (χ1n) is 2.57. The van der Waals surface area contributed by atoms with E-state index in [1.54, 1.807) is 0 Å². The highest BCUT2D eigenvalue weighted by molar-refractivity contribution is 5.62. The summed E-state index contributed by atoms with van der Waals surface area (Å²) in [7, 11) is 0. The van der Waals surface area contributed by atoms with Gasteiger partial charge in [0.15, 0.2) is 0 Å². The highest BCUT2D eigenvalue weighted by Crippen LogP contribution is 2.45. The molecule has 0 atom stereocenters. The van der Waals surface area contributed by atoms with Crippen LogP contribution in [0.3, 0.4) is 0 Å². The van der Waals surface area contributed by atoms with Crippen LogP contribution in [-0.2, 0) is 0 Å². The maximum Gasteiger partial charge on any atom is 0.460 e. The SMILES string of the molecule is [N-]=[N+]=CC(F)(F)C(F)(F)C(F)(F)F. The number of nitrogens with zero attached hydrogens (tertiary/aromatic N) is 2. The fraction of sp³-hybridized carbons (Fsp3) is 0.750. The minimum Gasteiger partial charge on any atom is -0.362 e. The molecule has 0 saturated heterocycles. The number of rotatable bonds is 2. The van der Waals surface area contributed by atoms with Crippen molar-refractivity contribution >= 4 is 6.21 Å². The smallest absolute Gasteiger partial charge is 0.362 e. The molecular weight excluding hydrogens is 209 g/mol. The highest BCUT2D eigenvalue weighted by atomic mass is 19.4. The normalized spacial score (nSPS) is 13.8. The van der Waals surface area contributed by atoms with E-state index in [1.807, 2.05) is 0 Å². The Bertz CT molecular complexity index is 235. The largest absolute Gasteiger partial charge is 0.460 e. The molecule has 0 saturated carbocycles. The monoisotopic (exact) mass is 210 g/mol. The van der Waals surface area contributed by atoms with Crippen molar-refractivity contribution in [3.05, 3.63) is 5.53 Å². The second kappa shape index (κ2) is 2.99. The van der Waals surface area contributed by atoms with E-state index in [4.69, 9.17) is 5.53 Å². The molecule has 0 aliphatic carbocycles. The second-order valence-electron chi connectivity index (χ2n) is 1.94. The van der Waals surface area contributed by atoms with Crippen LogP contribution in [0.4, 0.5) is 30.7 Å². The lowest BCUT2D eigenvalue weighted by Crippen LogP contribution is -2.52. The van der Waals surface area contributed by atoms with Crippen LogP contribution in [0.5, 0.6) is 0 Å². The van der Waals surface area contributed by atoms with Crippen LogP contribution in [0.1, 0.15) is 0 Å². The summed E-state index contributed by atoms with van der Waals surface area (Å²) in [5.74, 6) is -11.8. The number of alkyl halides is 7. The van der Waals surface area contributed by atoms with Gasteiger partial charge in [-0.2, -0.15) is 35.5 Å². The van der Waals surface area contributed by atoms with Gasteiger partial charge in [0.25, 0.3) is 0 Å². The van der Waals surface area contributed by atoms with Gasteiger partial charge < -0.3 is 5.53 Å². The summed E-state index contributed by atoms with van der Waals surface area (Å²) in [5.41, 5.74) is 7.42. The van der Waals surface area contributed by atoms with E-state index in [9.17, 15) is 30.7 Å². The highest BCUT2D eigenvalue weighted by Gasteiger charge is 2.74. The molecule has 0 unspecified atom stereocenters. The van der Waals surface area contributed by atoms with E-state index in [2.05, 4.69) is 0 Å². The number of hydrogen-bond acceptors (Lipinski definition) is 0. The van der Waals surface area contributed by atoms with Crippen LogP contribution in [0.15, 0.2) is 0 Å². The predicted octanol–water partition coefficient (Wildman–Crippen LogP) is 2.12. The standard InChI is InChI=1S/C4HF7N2/c5-2(6,1-13-12)3(7,8)4(9,10)11/h1H. The molecule has 0 radical (unpaired) electrons. The first-order chi connectivity index (χ1) is 5.56. The summed E-state index contributed by atoms with van der Waals surface area (Å²) in [6, 6.07) is 0. The Kier molecular flexibility index (Phi) is 2.73. The second-order valence-corrected chi connectivity index (χ2v) is 1.94. The molecule has 13 heavy (non-hydrogen) atoms. The molecule has 0 aliphatic heterocycles. The van der Waals surface area contributed by atoms with Crippen molar-refractivity contribution in [3.8, 4) is 0 Å². The molecule has 2 nitrogen and oxygen atoms in total. The van der Waals surface area contributed by atoms with Gasteiger partial charge in [-0.1, -0.05) is 0 Å². The van der Waals surface area contributed by atoms with Crippen LogP contribution in [-0.4, -0.2) is 29.0 Å². The zero-order chi connectivity index (χ0) is 10.9. The molecule has 0 rings (SSSR count). The average molecular weight is 210 g/mol. The van der Waals surface area contributed by atoms with E-state index in [0.29, 0.717) is 0 Å². The minimum absolute atomic E-state index is 1.18. The summed E-state index contributed by atoms with van der Waals surface area (Å²) in [4.78, 5) is 1.43. The Morgan fingerprint density at radius 2 is 1.31 bits per heavy atom. The lowest BCUT2D eigenvalue weighted by Gasteiger charge is -2.22. The van der Waals surface area contributed by atoms with Gasteiger partial charge in [0.1, 0.15) is 0 Å². The van der Waals surface area contributed by atoms with Gasteiger partial charge in [-0.05, 0) is 0 Å². The molecule has 0 N–H and O–H groups in total. The molecule has 0 aromatic carbocycles. The summed E-state index contributed by atoms with van der Waals surface area (Å²) in [5, 5.41) is 0. The zero-order valence-electron chi connectivity index (χ0n) is 5.62. The van der Waals surface area contributed by atoms with E-state index >= 15 is 0 Å². The van der Waals surface area contributed by atoms with Crippen molar-refractivity contribution in [3.63, 3.8) is 0 Å². The van der Waals surface area contributed by atoms with Crippen molar-refractivity contribution < 1.29 is 35.5 Å². The Morgan fingerprint density at radius 1 is 0.923 bits per heavy atom. The van der Waals surface area contributed by atoms with Gasteiger partial charge in [-0.15, -0.1) is 0 Å². The lowest BCUT2D eigenvalue weighted by molar-refractivity contribution is -0.338. The van der Waals surface area contributed by atoms with Crippen LogP contribution in [0, 0.1) is 0 Å². The first-order valence-corrected chi connectivity index (χ1v) is 2.57. The molecule has 76 valence electrons. The fourth-order valence-corrected chi connectivity index (χ4v) is 0.343. The summed E-state index contributed by atoms with van der Waals surface area (Å²) >= 11 is 0. The van der Waals surface area contributed by atoms with E-state index < -0.39 is 24.2 Å². The van der Waals surface area contributed by atoms with Crippen molar-refractivity contribution in [2.75, 3.05) is 0 Å². The average Bonchev–Trinajstić information content (AvgIpc) is 1.84. The molecule has 0 amide bonds. The number of hydrogen-bond donors (Lipinski definition) is 0. The van der Waals surface area contributed by atoms with E-state index in [0.717, 1.165) is 0 Å². The van der Waals surface area contributed by atoms with Gasteiger partial charge in [0, 0.05) is 0 Å². The Hall–Kier alpha value is -1.11. The Balaban J connectivity index is 5.14. The Morgan fingerprint density at radius 3 is 1.54 bits per heavy atom. The quantitative estimate of drug-likeness (QED) is 0.289. The number of halogens is 7. The van der Waals surface area contributed by atoms with Crippen LogP contribution >= 0.6 is 0 Å². The van der Waals surface area contributed by atoms with Crippen LogP contribution in [0.25, 0.3) is 5.53 Å². The van der Waals surface area contributed by atoms with Crippen molar-refractivity contribution in [2.45, 2.75) is 18.0 Å². The van der Waals surface area contributed by atoms with E-state index in [-0.39, 0.29) is 0 Å². The first kappa shape index (κ1) is 11.9. The maximum atomic E-state index is 11.9. The molecule has 0 bridgehead atoms. The van der Waals surface area contributed by atoms with E-state index in [1.165, 1.54) is 4.79 Å². The predicted molar refractivity (Wildman–Crippen MR) is 25.6 cm³/mol. The van der Waals surface area contributed by atoms with Gasteiger partial charge in [-0.3, -0.25) is 0 Å². The summed E-state index contributed by atoms with van der Waals surface area (Å²) in [6.07, 6.45) is -7.59. The topological polar surface area (TPSA) is 36.4 Å². The van der Waals surface area contributed by atoms with Gasteiger partial charge >= 0.3 is 24.2 Å². The molecular formula is C4HF7N2. The summed E-state index contributed by atoms with van der Waals surface area (Å²) in [6.45, 7) is 0. The molecule has 0 aromatic heterocycles. The minimum atomic E-state index is -6.41. The van der Waals surface area contributed by atoms with Crippen molar-refractivity contribution in [1.82, 2.24) is 0 Å². The molecule has 0 spiro atoms.